The molecule has 2 nitrogen and oxygen atoms in total. The maximum atomic E-state index is 5.05. The zero-order valence-electron chi connectivity index (χ0n) is 8.52. The van der Waals surface area contributed by atoms with Crippen LogP contribution in [0, 0.1) is 0 Å². The van der Waals surface area contributed by atoms with Crippen molar-refractivity contribution in [2.45, 2.75) is 39.2 Å². The topological polar surface area (TPSA) is 18.5 Å². The number of ether oxygens (including phenoxy) is 2. The predicted molar refractivity (Wildman–Crippen MR) is 48.9 cm³/mol. The Morgan fingerprint density at radius 1 is 1.18 bits per heavy atom. The van der Waals surface area contributed by atoms with Crippen LogP contribution in [-0.2, 0) is 9.47 Å². The van der Waals surface area contributed by atoms with Gasteiger partial charge in [-0.25, -0.2) is 0 Å². The average molecular weight is 162 g/mol. The van der Waals surface area contributed by atoms with Crippen molar-refractivity contribution in [3.8, 4) is 0 Å². The smallest absolute Gasteiger partial charge is 0.0543 e. The molecule has 0 aliphatic heterocycles. The summed E-state index contributed by atoms with van der Waals surface area (Å²) < 4.78 is 9.30. The molecule has 0 bridgehead atoms. The Kier molecular flexibility index (Phi) is 15.4. The highest BCUT2D eigenvalue weighted by molar-refractivity contribution is 4.46. The first-order chi connectivity index (χ1) is 5.22. The lowest BCUT2D eigenvalue weighted by Crippen LogP contribution is -2.02. The van der Waals surface area contributed by atoms with E-state index in [0.717, 1.165) is 0 Å². The standard InChI is InChI=1S/C7H16O.C2H6O/c1-4-5-6-7(2)8-3;1-3-2/h7H,4-6H2,1-3H3;1-2H3. The van der Waals surface area contributed by atoms with Crippen molar-refractivity contribution >= 4 is 0 Å². The molecule has 0 heterocycles. The van der Waals surface area contributed by atoms with E-state index in [-0.39, 0.29) is 0 Å². The molecule has 0 aromatic heterocycles. The summed E-state index contributed by atoms with van der Waals surface area (Å²) in [4.78, 5) is 0. The summed E-state index contributed by atoms with van der Waals surface area (Å²) >= 11 is 0. The van der Waals surface area contributed by atoms with Crippen LogP contribution < -0.4 is 0 Å². The fourth-order valence-corrected chi connectivity index (χ4v) is 0.609. The van der Waals surface area contributed by atoms with Gasteiger partial charge >= 0.3 is 0 Å². The predicted octanol–water partition coefficient (Wildman–Crippen LogP) is 2.47. The van der Waals surface area contributed by atoms with Crippen molar-refractivity contribution in [2.75, 3.05) is 21.3 Å². The summed E-state index contributed by atoms with van der Waals surface area (Å²) in [5, 5.41) is 0. The van der Waals surface area contributed by atoms with Crippen LogP contribution in [0.25, 0.3) is 0 Å². The van der Waals surface area contributed by atoms with Gasteiger partial charge in [0.25, 0.3) is 0 Å². The summed E-state index contributed by atoms with van der Waals surface area (Å²) in [5.74, 6) is 0. The van der Waals surface area contributed by atoms with E-state index in [1.807, 2.05) is 0 Å². The highest BCUT2D eigenvalue weighted by Crippen LogP contribution is 2.01. The summed E-state index contributed by atoms with van der Waals surface area (Å²) in [6, 6.07) is 0. The minimum atomic E-state index is 0.454. The van der Waals surface area contributed by atoms with Gasteiger partial charge in [-0.05, 0) is 13.3 Å². The van der Waals surface area contributed by atoms with Crippen LogP contribution in [0.4, 0.5) is 0 Å². The Labute approximate surface area is 70.9 Å². The first-order valence-electron chi connectivity index (χ1n) is 4.15. The van der Waals surface area contributed by atoms with Crippen LogP contribution >= 0.6 is 0 Å². The van der Waals surface area contributed by atoms with E-state index in [4.69, 9.17) is 4.74 Å². The number of hydrogen-bond acceptors (Lipinski definition) is 2. The summed E-state index contributed by atoms with van der Waals surface area (Å²) in [6.45, 7) is 4.30. The van der Waals surface area contributed by atoms with E-state index < -0.39 is 0 Å². The quantitative estimate of drug-likeness (QED) is 0.632. The van der Waals surface area contributed by atoms with Crippen LogP contribution in [0.15, 0.2) is 0 Å². The van der Waals surface area contributed by atoms with Gasteiger partial charge in [-0.15, -0.1) is 0 Å². The maximum Gasteiger partial charge on any atom is 0.0543 e. The van der Waals surface area contributed by atoms with Crippen LogP contribution in [-0.4, -0.2) is 27.4 Å². The highest BCUT2D eigenvalue weighted by atomic mass is 16.5. The maximum absolute atomic E-state index is 5.05. The summed E-state index contributed by atoms with van der Waals surface area (Å²) in [5.41, 5.74) is 0. The lowest BCUT2D eigenvalue weighted by Gasteiger charge is -2.06. The summed E-state index contributed by atoms with van der Waals surface area (Å²) in [6.07, 6.45) is 4.21. The molecule has 0 aliphatic rings. The van der Waals surface area contributed by atoms with Crippen molar-refractivity contribution in [1.82, 2.24) is 0 Å². The molecule has 0 aliphatic carbocycles. The molecule has 0 spiro atoms. The van der Waals surface area contributed by atoms with Crippen molar-refractivity contribution < 1.29 is 9.47 Å². The van der Waals surface area contributed by atoms with Crippen molar-refractivity contribution in [1.29, 1.82) is 0 Å². The lowest BCUT2D eigenvalue weighted by atomic mass is 10.2. The third-order valence-electron chi connectivity index (χ3n) is 1.37. The SMILES string of the molecule is CCCCC(C)OC.COC. The third kappa shape index (κ3) is 17.8. The van der Waals surface area contributed by atoms with E-state index >= 15 is 0 Å². The van der Waals surface area contributed by atoms with Gasteiger partial charge in [-0.1, -0.05) is 19.8 Å². The van der Waals surface area contributed by atoms with E-state index in [2.05, 4.69) is 18.6 Å². The number of unbranched alkanes of at least 4 members (excludes halogenated alkanes) is 1. The van der Waals surface area contributed by atoms with Gasteiger partial charge in [0.2, 0.25) is 0 Å². The highest BCUT2D eigenvalue weighted by Gasteiger charge is 1.94. The van der Waals surface area contributed by atoms with Crippen molar-refractivity contribution in [3.63, 3.8) is 0 Å². The lowest BCUT2D eigenvalue weighted by molar-refractivity contribution is 0.109. The Morgan fingerprint density at radius 2 is 1.64 bits per heavy atom. The Bertz CT molecular complexity index is 55.5. The number of hydrogen-bond donors (Lipinski definition) is 0. The van der Waals surface area contributed by atoms with E-state index in [1.54, 1.807) is 21.3 Å². The molecule has 0 aromatic carbocycles. The van der Waals surface area contributed by atoms with Gasteiger partial charge in [0.1, 0.15) is 0 Å². The Hall–Kier alpha value is -0.0800. The molecule has 1 atom stereocenters. The monoisotopic (exact) mass is 162 g/mol. The number of methoxy groups -OCH3 is 2. The van der Waals surface area contributed by atoms with Gasteiger partial charge in [0, 0.05) is 21.3 Å². The molecule has 11 heavy (non-hydrogen) atoms. The van der Waals surface area contributed by atoms with E-state index in [1.165, 1.54) is 19.3 Å². The van der Waals surface area contributed by atoms with Gasteiger partial charge in [0.15, 0.2) is 0 Å². The van der Waals surface area contributed by atoms with E-state index in [9.17, 15) is 0 Å². The van der Waals surface area contributed by atoms with Gasteiger partial charge in [-0.2, -0.15) is 0 Å². The molecule has 0 rings (SSSR count). The molecular formula is C9H22O2. The van der Waals surface area contributed by atoms with Crippen molar-refractivity contribution in [2.24, 2.45) is 0 Å². The van der Waals surface area contributed by atoms with Gasteiger partial charge in [-0.3, -0.25) is 0 Å². The fraction of sp³-hybridized carbons (Fsp3) is 1.00. The second-order valence-electron chi connectivity index (χ2n) is 2.60. The molecule has 0 amide bonds. The summed E-state index contributed by atoms with van der Waals surface area (Å²) in [7, 11) is 5.01. The molecule has 2 heteroatoms. The molecule has 0 N–H and O–H groups in total. The van der Waals surface area contributed by atoms with Gasteiger partial charge < -0.3 is 9.47 Å². The second-order valence-corrected chi connectivity index (χ2v) is 2.60. The zero-order valence-corrected chi connectivity index (χ0v) is 8.52. The molecule has 70 valence electrons. The largest absolute Gasteiger partial charge is 0.388 e. The van der Waals surface area contributed by atoms with Crippen LogP contribution in [0.1, 0.15) is 33.1 Å². The molecule has 0 fully saturated rings. The molecule has 0 saturated heterocycles. The fourth-order valence-electron chi connectivity index (χ4n) is 0.609. The molecule has 1 unspecified atom stereocenters. The van der Waals surface area contributed by atoms with Crippen LogP contribution in [0.3, 0.4) is 0 Å². The molecular weight excluding hydrogens is 140 g/mol. The second kappa shape index (κ2) is 12.6. The molecule has 0 radical (unpaired) electrons. The van der Waals surface area contributed by atoms with E-state index in [0.29, 0.717) is 6.10 Å². The third-order valence-corrected chi connectivity index (χ3v) is 1.37. The average Bonchev–Trinajstić information content (AvgIpc) is 2.02. The molecule has 0 saturated carbocycles. The van der Waals surface area contributed by atoms with Crippen molar-refractivity contribution in [3.05, 3.63) is 0 Å². The zero-order chi connectivity index (χ0) is 9.11. The first-order valence-corrected chi connectivity index (χ1v) is 4.15. The molecule has 0 aromatic rings. The van der Waals surface area contributed by atoms with Crippen LogP contribution in [0.2, 0.25) is 0 Å². The Morgan fingerprint density at radius 3 is 1.91 bits per heavy atom. The first kappa shape index (κ1) is 13.5. The van der Waals surface area contributed by atoms with Crippen LogP contribution in [0.5, 0.6) is 0 Å². The van der Waals surface area contributed by atoms with Gasteiger partial charge in [0.05, 0.1) is 6.10 Å². The minimum absolute atomic E-state index is 0.454. The number of rotatable bonds is 4. The normalized spacial score (nSPS) is 11.7. The Balaban J connectivity index is 0. The minimum Gasteiger partial charge on any atom is -0.388 e.